The molecule has 0 bridgehead atoms. The molecule has 0 aromatic heterocycles. The van der Waals surface area contributed by atoms with E-state index in [1.54, 1.807) is 6.07 Å². The van der Waals surface area contributed by atoms with E-state index >= 15 is 0 Å². The molecule has 9 heteroatoms. The number of benzene rings is 1. The molecule has 1 aromatic rings. The highest BCUT2D eigenvalue weighted by Crippen LogP contribution is 2.36. The van der Waals surface area contributed by atoms with Gasteiger partial charge < -0.3 is 5.32 Å². The molecule has 0 saturated carbocycles. The van der Waals surface area contributed by atoms with Crippen molar-refractivity contribution in [1.82, 2.24) is 5.32 Å². The number of anilines is 1. The Balaban J connectivity index is 2.13. The Bertz CT molecular complexity index is 730. The average molecular weight is 364 g/mol. The van der Waals surface area contributed by atoms with E-state index in [9.17, 15) is 26.4 Å². The minimum absolute atomic E-state index is 0.0448. The Hall–Kier alpha value is -1.77. The van der Waals surface area contributed by atoms with Gasteiger partial charge in [-0.2, -0.15) is 13.2 Å². The summed E-state index contributed by atoms with van der Waals surface area (Å²) < 4.78 is 63.5. The highest BCUT2D eigenvalue weighted by molar-refractivity contribution is 7.93. The van der Waals surface area contributed by atoms with Crippen molar-refractivity contribution in [3.63, 3.8) is 0 Å². The van der Waals surface area contributed by atoms with Crippen LogP contribution in [0.1, 0.15) is 30.6 Å². The predicted octanol–water partition coefficient (Wildman–Crippen LogP) is 2.54. The normalized spacial score (nSPS) is 17.8. The van der Waals surface area contributed by atoms with E-state index in [0.29, 0.717) is 18.7 Å². The maximum Gasteiger partial charge on any atom is 0.395 e. The van der Waals surface area contributed by atoms with Crippen molar-refractivity contribution in [2.24, 2.45) is 5.41 Å². The molecule has 1 aliphatic rings. The molecular weight excluding hydrogens is 345 g/mol. The number of carbonyl (C=O) groups is 1. The smallest absolute Gasteiger partial charge is 0.351 e. The summed E-state index contributed by atoms with van der Waals surface area (Å²) in [5.41, 5.74) is -1.60. The first-order valence-electron chi connectivity index (χ1n) is 7.39. The molecule has 2 rings (SSSR count). The first kappa shape index (κ1) is 18.6. The lowest BCUT2D eigenvalue weighted by Crippen LogP contribution is -2.43. The van der Waals surface area contributed by atoms with Crippen molar-refractivity contribution < 1.29 is 26.4 Å². The highest BCUT2D eigenvalue weighted by Gasteiger charge is 2.47. The van der Waals surface area contributed by atoms with Gasteiger partial charge in [0.25, 0.3) is 5.91 Å². The molecule has 1 aliphatic heterocycles. The van der Waals surface area contributed by atoms with Gasteiger partial charge in [0.2, 0.25) is 10.0 Å². The van der Waals surface area contributed by atoms with Crippen LogP contribution in [0.2, 0.25) is 0 Å². The number of sulfonamides is 1. The third-order valence-electron chi connectivity index (χ3n) is 3.95. The highest BCUT2D eigenvalue weighted by atomic mass is 32.2. The number of alkyl halides is 3. The molecule has 0 spiro atoms. The van der Waals surface area contributed by atoms with Crippen LogP contribution in [0.25, 0.3) is 0 Å². The summed E-state index contributed by atoms with van der Waals surface area (Å²) in [5.74, 6) is -0.630. The summed E-state index contributed by atoms with van der Waals surface area (Å²) in [4.78, 5) is 12.1. The molecule has 1 heterocycles. The average Bonchev–Trinajstić information content (AvgIpc) is 2.83. The summed E-state index contributed by atoms with van der Waals surface area (Å²) in [6.07, 6.45) is -3.94. The maximum atomic E-state index is 12.8. The third-order valence-corrected chi connectivity index (χ3v) is 5.82. The van der Waals surface area contributed by atoms with Crippen molar-refractivity contribution in [2.45, 2.75) is 26.4 Å². The lowest BCUT2D eigenvalue weighted by Gasteiger charge is -2.27. The predicted molar refractivity (Wildman–Crippen MR) is 84.4 cm³/mol. The molecule has 0 aliphatic carbocycles. The van der Waals surface area contributed by atoms with E-state index in [1.807, 2.05) is 0 Å². The zero-order chi connectivity index (χ0) is 18.2. The Kier molecular flexibility index (Phi) is 4.85. The van der Waals surface area contributed by atoms with Crippen molar-refractivity contribution >= 4 is 21.6 Å². The Labute approximate surface area is 138 Å². The molecular formula is C15H19F3N2O3S. The second-order valence-electron chi connectivity index (χ2n) is 6.36. The van der Waals surface area contributed by atoms with Gasteiger partial charge in [0.05, 0.1) is 16.9 Å². The molecule has 1 saturated heterocycles. The van der Waals surface area contributed by atoms with Gasteiger partial charge in [-0.1, -0.05) is 6.07 Å². The molecule has 1 aromatic carbocycles. The molecule has 1 amide bonds. The molecule has 134 valence electrons. The standard InChI is InChI=1S/C15H19F3N2O3S/c1-14(2,15(16,17)18)10-19-13(21)11-5-3-6-12(9-11)20-7-4-8-24(20,22)23/h3,5-6,9H,4,7-8,10H2,1-2H3,(H,19,21). The number of carbonyl (C=O) groups excluding carboxylic acids is 1. The van der Waals surface area contributed by atoms with E-state index in [-0.39, 0.29) is 11.3 Å². The first-order valence-corrected chi connectivity index (χ1v) is 9.00. The Morgan fingerprint density at radius 2 is 1.96 bits per heavy atom. The van der Waals surface area contributed by atoms with Crippen LogP contribution in [-0.2, 0) is 10.0 Å². The molecule has 1 N–H and O–H groups in total. The second kappa shape index (κ2) is 6.27. The van der Waals surface area contributed by atoms with Crippen LogP contribution in [0.3, 0.4) is 0 Å². The van der Waals surface area contributed by atoms with E-state index in [2.05, 4.69) is 5.32 Å². The first-order chi connectivity index (χ1) is 10.9. The summed E-state index contributed by atoms with van der Waals surface area (Å²) in [6, 6.07) is 5.87. The van der Waals surface area contributed by atoms with Gasteiger partial charge in [0, 0.05) is 18.7 Å². The van der Waals surface area contributed by atoms with Gasteiger partial charge in [0.1, 0.15) is 0 Å². The lowest BCUT2D eigenvalue weighted by atomic mass is 9.92. The van der Waals surface area contributed by atoms with Gasteiger partial charge in [0.15, 0.2) is 0 Å². The molecule has 0 atom stereocenters. The van der Waals surface area contributed by atoms with Gasteiger partial charge in [-0.05, 0) is 38.5 Å². The van der Waals surface area contributed by atoms with Crippen molar-refractivity contribution in [2.75, 3.05) is 23.1 Å². The molecule has 1 fully saturated rings. The third kappa shape index (κ3) is 3.82. The van der Waals surface area contributed by atoms with Crippen LogP contribution in [0, 0.1) is 5.41 Å². The number of nitrogens with zero attached hydrogens (tertiary/aromatic N) is 1. The largest absolute Gasteiger partial charge is 0.395 e. The minimum Gasteiger partial charge on any atom is -0.351 e. The summed E-state index contributed by atoms with van der Waals surface area (Å²) in [6.45, 7) is 1.76. The fourth-order valence-corrected chi connectivity index (χ4v) is 3.79. The van der Waals surface area contributed by atoms with Gasteiger partial charge in [-0.25, -0.2) is 8.42 Å². The number of halogens is 3. The topological polar surface area (TPSA) is 66.5 Å². The molecule has 0 unspecified atom stereocenters. The molecule has 24 heavy (non-hydrogen) atoms. The van der Waals surface area contributed by atoms with E-state index in [0.717, 1.165) is 13.8 Å². The van der Waals surface area contributed by atoms with Crippen LogP contribution in [0.4, 0.5) is 18.9 Å². The summed E-state index contributed by atoms with van der Waals surface area (Å²) >= 11 is 0. The lowest BCUT2D eigenvalue weighted by molar-refractivity contribution is -0.208. The zero-order valence-electron chi connectivity index (χ0n) is 13.4. The Morgan fingerprint density at radius 3 is 2.50 bits per heavy atom. The van der Waals surface area contributed by atoms with Gasteiger partial charge in [-0.15, -0.1) is 0 Å². The number of rotatable bonds is 4. The quantitative estimate of drug-likeness (QED) is 0.893. The van der Waals surface area contributed by atoms with Crippen LogP contribution in [0.5, 0.6) is 0 Å². The van der Waals surface area contributed by atoms with Crippen molar-refractivity contribution in [1.29, 1.82) is 0 Å². The number of nitrogens with one attached hydrogen (secondary N) is 1. The summed E-state index contributed by atoms with van der Waals surface area (Å²) in [7, 11) is -3.38. The monoisotopic (exact) mass is 364 g/mol. The zero-order valence-corrected chi connectivity index (χ0v) is 14.2. The minimum atomic E-state index is -4.44. The van der Waals surface area contributed by atoms with Crippen LogP contribution >= 0.6 is 0 Å². The van der Waals surface area contributed by atoms with Gasteiger partial charge >= 0.3 is 6.18 Å². The number of amides is 1. The van der Waals surface area contributed by atoms with E-state index in [4.69, 9.17) is 0 Å². The van der Waals surface area contributed by atoms with Crippen LogP contribution < -0.4 is 9.62 Å². The fraction of sp³-hybridized carbons (Fsp3) is 0.533. The maximum absolute atomic E-state index is 12.8. The fourth-order valence-electron chi connectivity index (χ4n) is 2.24. The Morgan fingerprint density at radius 1 is 1.29 bits per heavy atom. The van der Waals surface area contributed by atoms with Crippen LogP contribution in [-0.4, -0.2) is 39.3 Å². The van der Waals surface area contributed by atoms with E-state index in [1.165, 1.54) is 22.5 Å². The van der Waals surface area contributed by atoms with Gasteiger partial charge in [-0.3, -0.25) is 9.10 Å². The molecule has 5 nitrogen and oxygen atoms in total. The second-order valence-corrected chi connectivity index (χ2v) is 8.37. The van der Waals surface area contributed by atoms with Crippen molar-refractivity contribution in [3.8, 4) is 0 Å². The molecule has 0 radical (unpaired) electrons. The van der Waals surface area contributed by atoms with Crippen LogP contribution in [0.15, 0.2) is 24.3 Å². The van der Waals surface area contributed by atoms with E-state index < -0.39 is 34.1 Å². The SMILES string of the molecule is CC(C)(CNC(=O)c1cccc(N2CCCS2(=O)=O)c1)C(F)(F)F. The summed E-state index contributed by atoms with van der Waals surface area (Å²) in [5, 5.41) is 2.26. The number of hydrogen-bond donors (Lipinski definition) is 1. The number of hydrogen-bond acceptors (Lipinski definition) is 3. The van der Waals surface area contributed by atoms with Crippen molar-refractivity contribution in [3.05, 3.63) is 29.8 Å².